The van der Waals surface area contributed by atoms with Gasteiger partial charge in [0.2, 0.25) is 5.95 Å². The first-order chi connectivity index (χ1) is 8.61. The number of nitrogens with zero attached hydrogens (tertiary/aromatic N) is 1. The smallest absolute Gasteiger partial charge is 0.260 e. The molecule has 1 saturated carbocycles. The molecule has 5 N–H and O–H groups in total. The van der Waals surface area contributed by atoms with Crippen LogP contribution in [0.4, 0.5) is 11.6 Å². The maximum Gasteiger partial charge on any atom is 0.260 e. The van der Waals surface area contributed by atoms with Gasteiger partial charge in [-0.1, -0.05) is 0 Å². The van der Waals surface area contributed by atoms with Crippen molar-refractivity contribution in [3.63, 3.8) is 0 Å². The van der Waals surface area contributed by atoms with Crippen molar-refractivity contribution in [3.8, 4) is 0 Å². The van der Waals surface area contributed by atoms with Crippen LogP contribution in [0.25, 0.3) is 10.9 Å². The van der Waals surface area contributed by atoms with E-state index in [1.807, 2.05) is 0 Å². The summed E-state index contributed by atoms with van der Waals surface area (Å²) in [6, 6.07) is 5.22. The zero-order valence-electron chi connectivity index (χ0n) is 9.68. The molecule has 1 fully saturated rings. The second kappa shape index (κ2) is 3.99. The number of nitrogen functional groups attached to an aromatic ring is 1. The fourth-order valence-corrected chi connectivity index (χ4v) is 2.12. The fraction of sp³-hybridized carbons (Fsp3) is 0.333. The lowest BCUT2D eigenvalue weighted by molar-refractivity contribution is 0.0834. The van der Waals surface area contributed by atoms with Crippen LogP contribution in [0.5, 0.6) is 0 Å². The van der Waals surface area contributed by atoms with E-state index in [1.165, 1.54) is 0 Å². The van der Waals surface area contributed by atoms with Gasteiger partial charge in [-0.05, 0) is 31.0 Å². The van der Waals surface area contributed by atoms with Gasteiger partial charge >= 0.3 is 0 Å². The Morgan fingerprint density at radius 3 is 2.94 bits per heavy atom. The van der Waals surface area contributed by atoms with E-state index in [-0.39, 0.29) is 17.7 Å². The van der Waals surface area contributed by atoms with Gasteiger partial charge in [0.05, 0.1) is 17.0 Å². The van der Waals surface area contributed by atoms with E-state index in [9.17, 15) is 9.90 Å². The third-order valence-corrected chi connectivity index (χ3v) is 3.18. The van der Waals surface area contributed by atoms with E-state index < -0.39 is 0 Å². The molecule has 0 atom stereocenters. The number of anilines is 2. The lowest BCUT2D eigenvalue weighted by atomic mass is 9.90. The Bertz CT molecular complexity index is 646. The highest BCUT2D eigenvalue weighted by Gasteiger charge is 2.27. The number of H-pyrrole nitrogens is 1. The van der Waals surface area contributed by atoms with E-state index in [1.54, 1.807) is 18.2 Å². The van der Waals surface area contributed by atoms with Gasteiger partial charge in [0.25, 0.3) is 5.56 Å². The molecule has 2 aromatic rings. The van der Waals surface area contributed by atoms with Crippen LogP contribution >= 0.6 is 0 Å². The highest BCUT2D eigenvalue weighted by Crippen LogP contribution is 2.22. The highest BCUT2D eigenvalue weighted by atomic mass is 16.3. The van der Waals surface area contributed by atoms with E-state index in [4.69, 9.17) is 5.73 Å². The highest BCUT2D eigenvalue weighted by molar-refractivity contribution is 5.81. The average Bonchev–Trinajstić information content (AvgIpc) is 2.28. The zero-order valence-corrected chi connectivity index (χ0v) is 9.68. The molecule has 94 valence electrons. The first-order valence-electron chi connectivity index (χ1n) is 5.86. The van der Waals surface area contributed by atoms with Crippen LogP contribution < -0.4 is 16.6 Å². The summed E-state index contributed by atoms with van der Waals surface area (Å²) in [4.78, 5) is 18.9. The number of fused-ring (bicyclic) bond motifs is 1. The topological polar surface area (TPSA) is 104 Å². The lowest BCUT2D eigenvalue weighted by Gasteiger charge is -2.32. The summed E-state index contributed by atoms with van der Waals surface area (Å²) in [7, 11) is 0. The second-order valence-corrected chi connectivity index (χ2v) is 4.66. The minimum atomic E-state index is -0.241. The molecule has 0 amide bonds. The number of nitrogens with two attached hydrogens (primary N) is 1. The molecule has 1 aromatic heterocycles. The largest absolute Gasteiger partial charge is 0.399 e. The Balaban J connectivity index is 1.95. The van der Waals surface area contributed by atoms with Crippen LogP contribution in [0.2, 0.25) is 0 Å². The predicted octanol–water partition coefficient (Wildman–Crippen LogP) is 0.440. The quantitative estimate of drug-likeness (QED) is 0.576. The molecule has 1 aliphatic carbocycles. The number of aromatic amines is 1. The number of rotatable bonds is 2. The van der Waals surface area contributed by atoms with Crippen molar-refractivity contribution in [1.29, 1.82) is 0 Å². The molecule has 6 nitrogen and oxygen atoms in total. The van der Waals surface area contributed by atoms with E-state index in [0.29, 0.717) is 35.4 Å². The third kappa shape index (κ3) is 1.91. The summed E-state index contributed by atoms with van der Waals surface area (Å²) >= 11 is 0. The van der Waals surface area contributed by atoms with Crippen LogP contribution in [0, 0.1) is 0 Å². The second-order valence-electron chi connectivity index (χ2n) is 4.66. The molecule has 1 aliphatic rings. The normalized spacial score (nSPS) is 22.7. The van der Waals surface area contributed by atoms with Crippen molar-refractivity contribution in [2.75, 3.05) is 11.1 Å². The molecule has 6 heteroatoms. The number of nitrogens with one attached hydrogen (secondary N) is 2. The Labute approximate surface area is 103 Å². The molecular weight excluding hydrogens is 232 g/mol. The Morgan fingerprint density at radius 2 is 2.22 bits per heavy atom. The number of hydrogen-bond donors (Lipinski definition) is 4. The van der Waals surface area contributed by atoms with E-state index in [2.05, 4.69) is 15.3 Å². The third-order valence-electron chi connectivity index (χ3n) is 3.18. The van der Waals surface area contributed by atoms with Crippen molar-refractivity contribution in [3.05, 3.63) is 28.6 Å². The summed E-state index contributed by atoms with van der Waals surface area (Å²) in [5, 5.41) is 12.8. The van der Waals surface area contributed by atoms with E-state index in [0.717, 1.165) is 0 Å². The van der Waals surface area contributed by atoms with Crippen molar-refractivity contribution in [2.45, 2.75) is 25.0 Å². The number of aliphatic hydroxyl groups is 1. The van der Waals surface area contributed by atoms with Gasteiger partial charge in [0.15, 0.2) is 0 Å². The maximum atomic E-state index is 11.9. The summed E-state index contributed by atoms with van der Waals surface area (Å²) in [6.07, 6.45) is 1.13. The zero-order chi connectivity index (χ0) is 12.7. The summed E-state index contributed by atoms with van der Waals surface area (Å²) < 4.78 is 0. The van der Waals surface area contributed by atoms with Crippen LogP contribution in [0.15, 0.2) is 23.0 Å². The standard InChI is InChI=1S/C12H14N4O2/c13-6-1-2-10-9(3-6)11(18)16-12(15-10)14-7-4-8(17)5-7/h1-3,7-8,17H,4-5,13H2,(H2,14,15,16,18). The Morgan fingerprint density at radius 1 is 1.44 bits per heavy atom. The monoisotopic (exact) mass is 246 g/mol. The molecule has 0 saturated heterocycles. The summed E-state index contributed by atoms with van der Waals surface area (Å²) in [5.74, 6) is 0.439. The van der Waals surface area contributed by atoms with Crippen molar-refractivity contribution in [2.24, 2.45) is 0 Å². The molecule has 0 unspecified atom stereocenters. The predicted molar refractivity (Wildman–Crippen MR) is 69.4 cm³/mol. The van der Waals surface area contributed by atoms with Gasteiger partial charge in [-0.3, -0.25) is 9.78 Å². The van der Waals surface area contributed by atoms with Gasteiger partial charge in [-0.15, -0.1) is 0 Å². The molecular formula is C12H14N4O2. The van der Waals surface area contributed by atoms with Gasteiger partial charge in [0, 0.05) is 11.7 Å². The first-order valence-corrected chi connectivity index (χ1v) is 5.86. The molecule has 18 heavy (non-hydrogen) atoms. The number of aromatic nitrogens is 2. The fourth-order valence-electron chi connectivity index (χ4n) is 2.12. The van der Waals surface area contributed by atoms with Gasteiger partial charge in [-0.2, -0.15) is 0 Å². The van der Waals surface area contributed by atoms with E-state index >= 15 is 0 Å². The van der Waals surface area contributed by atoms with Gasteiger partial charge < -0.3 is 16.2 Å². The van der Waals surface area contributed by atoms with Crippen molar-refractivity contribution < 1.29 is 5.11 Å². The molecule has 0 radical (unpaired) electrons. The average molecular weight is 246 g/mol. The Kier molecular flexibility index (Phi) is 2.45. The molecule has 1 aromatic carbocycles. The molecule has 0 aliphatic heterocycles. The molecule has 1 heterocycles. The SMILES string of the molecule is Nc1ccc2nc(NC3CC(O)C3)[nH]c(=O)c2c1. The number of aliphatic hydroxyl groups excluding tert-OH is 1. The lowest BCUT2D eigenvalue weighted by Crippen LogP contribution is -2.39. The molecule has 3 rings (SSSR count). The van der Waals surface area contributed by atoms with Crippen molar-refractivity contribution >= 4 is 22.5 Å². The van der Waals surface area contributed by atoms with Crippen LogP contribution in [-0.4, -0.2) is 27.2 Å². The van der Waals surface area contributed by atoms with Crippen LogP contribution in [-0.2, 0) is 0 Å². The number of hydrogen-bond acceptors (Lipinski definition) is 5. The summed E-state index contributed by atoms with van der Waals surface area (Å²) in [5.41, 5.74) is 6.57. The Hall–Kier alpha value is -2.08. The van der Waals surface area contributed by atoms with Gasteiger partial charge in [-0.25, -0.2) is 4.98 Å². The van der Waals surface area contributed by atoms with Gasteiger partial charge in [0.1, 0.15) is 0 Å². The maximum absolute atomic E-state index is 11.9. The summed E-state index contributed by atoms with van der Waals surface area (Å²) in [6.45, 7) is 0. The minimum Gasteiger partial charge on any atom is -0.399 e. The molecule has 0 spiro atoms. The number of benzene rings is 1. The minimum absolute atomic E-state index is 0.175. The van der Waals surface area contributed by atoms with Crippen LogP contribution in [0.3, 0.4) is 0 Å². The molecule has 0 bridgehead atoms. The first kappa shape index (κ1) is 11.0. The van der Waals surface area contributed by atoms with Crippen LogP contribution in [0.1, 0.15) is 12.8 Å². The van der Waals surface area contributed by atoms with Crippen molar-refractivity contribution in [1.82, 2.24) is 9.97 Å².